The molecule has 7 heteroatoms. The van der Waals surface area contributed by atoms with Crippen molar-refractivity contribution in [3.8, 4) is 0 Å². The lowest BCUT2D eigenvalue weighted by Crippen LogP contribution is -2.33. The first-order valence-electron chi connectivity index (χ1n) is 7.25. The molecule has 0 aliphatic carbocycles. The average Bonchev–Trinajstić information content (AvgIpc) is 2.53. The third-order valence-corrected chi connectivity index (χ3v) is 4.67. The van der Waals surface area contributed by atoms with E-state index in [0.29, 0.717) is 11.3 Å². The maximum Gasteiger partial charge on any atom is 0.241 e. The van der Waals surface area contributed by atoms with Crippen LogP contribution in [0.2, 0.25) is 0 Å². The molecule has 2 aromatic rings. The van der Waals surface area contributed by atoms with E-state index in [9.17, 15) is 18.0 Å². The van der Waals surface area contributed by atoms with Gasteiger partial charge in [-0.2, -0.15) is 0 Å². The number of anilines is 1. The Kier molecular flexibility index (Phi) is 5.48. The van der Waals surface area contributed by atoms with Crippen LogP contribution in [0.5, 0.6) is 0 Å². The van der Waals surface area contributed by atoms with Gasteiger partial charge in [0.25, 0.3) is 0 Å². The summed E-state index contributed by atoms with van der Waals surface area (Å²) in [4.78, 5) is 23.3. The molecule has 2 N–H and O–H groups in total. The summed E-state index contributed by atoms with van der Waals surface area (Å²) in [6.07, 6.45) is 0. The molecule has 0 aliphatic heterocycles. The minimum atomic E-state index is -3.76. The third kappa shape index (κ3) is 4.74. The van der Waals surface area contributed by atoms with Gasteiger partial charge in [-0.1, -0.05) is 24.3 Å². The smallest absolute Gasteiger partial charge is 0.241 e. The topological polar surface area (TPSA) is 92.3 Å². The third-order valence-electron chi connectivity index (χ3n) is 3.28. The Bertz CT molecular complexity index is 876. The highest BCUT2D eigenvalue weighted by atomic mass is 32.2. The fourth-order valence-electron chi connectivity index (χ4n) is 2.05. The monoisotopic (exact) mass is 346 g/mol. The molecule has 0 unspecified atom stereocenters. The second-order valence-corrected chi connectivity index (χ2v) is 7.09. The molecular formula is C17H18N2O4S. The molecule has 0 saturated carbocycles. The number of nitrogens with one attached hydrogen (secondary N) is 2. The second kappa shape index (κ2) is 7.37. The summed E-state index contributed by atoms with van der Waals surface area (Å²) in [6.45, 7) is 2.81. The minimum absolute atomic E-state index is 0.105. The van der Waals surface area contributed by atoms with Crippen molar-refractivity contribution in [3.63, 3.8) is 0 Å². The van der Waals surface area contributed by atoms with Crippen molar-refractivity contribution in [2.75, 3.05) is 11.9 Å². The summed E-state index contributed by atoms with van der Waals surface area (Å²) >= 11 is 0. The van der Waals surface area contributed by atoms with Crippen molar-refractivity contribution in [1.82, 2.24) is 4.72 Å². The van der Waals surface area contributed by atoms with Crippen LogP contribution in [-0.2, 0) is 14.8 Å². The summed E-state index contributed by atoms with van der Waals surface area (Å²) < 4.78 is 26.6. The van der Waals surface area contributed by atoms with Gasteiger partial charge in [-0.15, -0.1) is 0 Å². The number of Topliss-reactive ketones (excluding diaryl/α,β-unsaturated/α-hetero) is 1. The highest BCUT2D eigenvalue weighted by molar-refractivity contribution is 7.89. The number of carbonyl (C=O) groups is 2. The van der Waals surface area contributed by atoms with E-state index in [1.807, 2.05) is 0 Å². The molecule has 0 bridgehead atoms. The van der Waals surface area contributed by atoms with Gasteiger partial charge in [-0.05, 0) is 43.7 Å². The number of amides is 1. The van der Waals surface area contributed by atoms with Crippen LogP contribution in [-0.4, -0.2) is 26.7 Å². The van der Waals surface area contributed by atoms with Crippen LogP contribution in [0.1, 0.15) is 22.8 Å². The van der Waals surface area contributed by atoms with Gasteiger partial charge in [-0.3, -0.25) is 9.59 Å². The lowest BCUT2D eigenvalue weighted by atomic mass is 10.1. The van der Waals surface area contributed by atoms with Crippen molar-refractivity contribution >= 4 is 27.4 Å². The van der Waals surface area contributed by atoms with Gasteiger partial charge in [0.05, 0.1) is 11.4 Å². The first-order valence-corrected chi connectivity index (χ1v) is 8.73. The predicted molar refractivity (Wildman–Crippen MR) is 91.4 cm³/mol. The number of aryl methyl sites for hydroxylation is 1. The number of hydrogen-bond acceptors (Lipinski definition) is 4. The molecule has 6 nitrogen and oxygen atoms in total. The van der Waals surface area contributed by atoms with Crippen LogP contribution in [0.15, 0.2) is 53.4 Å². The minimum Gasteiger partial charge on any atom is -0.325 e. The largest absolute Gasteiger partial charge is 0.325 e. The van der Waals surface area contributed by atoms with Gasteiger partial charge >= 0.3 is 0 Å². The van der Waals surface area contributed by atoms with Crippen molar-refractivity contribution < 1.29 is 18.0 Å². The molecule has 126 valence electrons. The predicted octanol–water partition coefficient (Wildman–Crippen LogP) is 2.11. The first-order chi connectivity index (χ1) is 11.3. The van der Waals surface area contributed by atoms with E-state index in [0.717, 1.165) is 5.56 Å². The van der Waals surface area contributed by atoms with Crippen molar-refractivity contribution in [2.24, 2.45) is 0 Å². The zero-order valence-corrected chi connectivity index (χ0v) is 14.2. The Morgan fingerprint density at radius 2 is 1.75 bits per heavy atom. The molecule has 0 aromatic heterocycles. The van der Waals surface area contributed by atoms with E-state index >= 15 is 0 Å². The number of carbonyl (C=O) groups excluding carboxylic acids is 2. The molecule has 0 aliphatic rings. The van der Waals surface area contributed by atoms with Gasteiger partial charge in [0.2, 0.25) is 15.9 Å². The number of sulfonamides is 1. The van der Waals surface area contributed by atoms with E-state index in [-0.39, 0.29) is 10.7 Å². The number of rotatable bonds is 6. The van der Waals surface area contributed by atoms with Crippen LogP contribution < -0.4 is 10.0 Å². The van der Waals surface area contributed by atoms with Gasteiger partial charge in [0.15, 0.2) is 5.78 Å². The van der Waals surface area contributed by atoms with E-state index in [4.69, 9.17) is 0 Å². The Morgan fingerprint density at radius 1 is 1.04 bits per heavy atom. The molecule has 0 spiro atoms. The average molecular weight is 346 g/mol. The summed E-state index contributed by atoms with van der Waals surface area (Å²) in [5.41, 5.74) is 1.71. The van der Waals surface area contributed by atoms with Crippen molar-refractivity contribution in [3.05, 3.63) is 59.7 Å². The van der Waals surface area contributed by atoms with Crippen LogP contribution in [0.25, 0.3) is 0 Å². The lowest BCUT2D eigenvalue weighted by Gasteiger charge is -2.09. The van der Waals surface area contributed by atoms with E-state index < -0.39 is 22.5 Å². The van der Waals surface area contributed by atoms with Gasteiger partial charge in [-0.25, -0.2) is 13.1 Å². The maximum absolute atomic E-state index is 12.1. The number of ketones is 1. The van der Waals surface area contributed by atoms with Crippen LogP contribution in [0.3, 0.4) is 0 Å². The SMILES string of the molecule is CC(=O)c1cccc(NC(=O)CNS(=O)(=O)c2cccc(C)c2)c1. The fourth-order valence-corrected chi connectivity index (χ4v) is 3.13. The standard InChI is InChI=1S/C17H18N2O4S/c1-12-5-3-8-16(9-12)24(22,23)18-11-17(21)19-15-7-4-6-14(10-15)13(2)20/h3-10,18H,11H2,1-2H3,(H,19,21). The molecule has 2 aromatic carbocycles. The molecule has 0 radical (unpaired) electrons. The second-order valence-electron chi connectivity index (χ2n) is 5.33. The highest BCUT2D eigenvalue weighted by Gasteiger charge is 2.15. The molecule has 0 heterocycles. The Morgan fingerprint density at radius 3 is 2.42 bits per heavy atom. The normalized spacial score (nSPS) is 11.1. The van der Waals surface area contributed by atoms with Crippen molar-refractivity contribution in [2.45, 2.75) is 18.7 Å². The maximum atomic E-state index is 12.1. The number of benzene rings is 2. The lowest BCUT2D eigenvalue weighted by molar-refractivity contribution is -0.115. The molecule has 2 rings (SSSR count). The van der Waals surface area contributed by atoms with Gasteiger partial charge in [0.1, 0.15) is 0 Å². The van der Waals surface area contributed by atoms with Crippen LogP contribution >= 0.6 is 0 Å². The van der Waals surface area contributed by atoms with Crippen LogP contribution in [0.4, 0.5) is 5.69 Å². The zero-order valence-electron chi connectivity index (χ0n) is 13.4. The van der Waals surface area contributed by atoms with Gasteiger partial charge < -0.3 is 5.32 Å². The summed E-state index contributed by atoms with van der Waals surface area (Å²) in [5.74, 6) is -0.641. The Hall–Kier alpha value is -2.51. The fraction of sp³-hybridized carbons (Fsp3) is 0.176. The van der Waals surface area contributed by atoms with Crippen LogP contribution in [0, 0.1) is 6.92 Å². The quantitative estimate of drug-likeness (QED) is 0.784. The molecule has 0 saturated heterocycles. The number of hydrogen-bond donors (Lipinski definition) is 2. The van der Waals surface area contributed by atoms with Crippen molar-refractivity contribution in [1.29, 1.82) is 0 Å². The Labute approximate surface area is 140 Å². The zero-order chi connectivity index (χ0) is 17.7. The molecule has 0 fully saturated rings. The summed E-state index contributed by atoms with van der Waals surface area (Å²) in [6, 6.07) is 12.8. The first kappa shape index (κ1) is 17.8. The highest BCUT2D eigenvalue weighted by Crippen LogP contribution is 2.12. The van der Waals surface area contributed by atoms with E-state index in [1.165, 1.54) is 25.1 Å². The Balaban J connectivity index is 2.00. The molecule has 0 atom stereocenters. The molecule has 24 heavy (non-hydrogen) atoms. The summed E-state index contributed by atoms with van der Waals surface area (Å²) in [7, 11) is -3.76. The summed E-state index contributed by atoms with van der Waals surface area (Å²) in [5, 5.41) is 2.55. The van der Waals surface area contributed by atoms with Gasteiger partial charge in [0, 0.05) is 11.3 Å². The van der Waals surface area contributed by atoms with E-state index in [2.05, 4.69) is 10.0 Å². The molecule has 1 amide bonds. The van der Waals surface area contributed by atoms with E-state index in [1.54, 1.807) is 37.3 Å². The molecular weight excluding hydrogens is 328 g/mol.